The second-order valence-corrected chi connectivity index (χ2v) is 7.96. The summed E-state index contributed by atoms with van der Waals surface area (Å²) in [5.74, 6) is 1.23. The summed E-state index contributed by atoms with van der Waals surface area (Å²) in [6, 6.07) is 16.3. The minimum absolute atomic E-state index is 0.0540. The van der Waals surface area contributed by atoms with E-state index in [1.807, 2.05) is 37.4 Å². The molecule has 3 aromatic rings. The summed E-state index contributed by atoms with van der Waals surface area (Å²) in [6.07, 6.45) is 1.81. The Hall–Kier alpha value is -2.94. The number of methoxy groups -OCH3 is 1. The molecule has 0 atom stereocenters. The van der Waals surface area contributed by atoms with Gasteiger partial charge >= 0.3 is 0 Å². The van der Waals surface area contributed by atoms with Crippen molar-refractivity contribution in [3.8, 4) is 11.5 Å². The highest BCUT2D eigenvalue weighted by molar-refractivity contribution is 14.1. The summed E-state index contributed by atoms with van der Waals surface area (Å²) in [6.45, 7) is 4.38. The molecule has 0 amide bonds. The molecule has 0 aliphatic heterocycles. The number of benzene rings is 3. The number of nitrogens with zero attached hydrogens (tertiary/aromatic N) is 2. The summed E-state index contributed by atoms with van der Waals surface area (Å²) in [5.41, 5.74) is 5.04. The van der Waals surface area contributed by atoms with Crippen LogP contribution in [-0.2, 0) is 6.61 Å². The van der Waals surface area contributed by atoms with E-state index in [1.54, 1.807) is 19.2 Å². The molecule has 0 aromatic heterocycles. The van der Waals surface area contributed by atoms with Crippen LogP contribution in [0.4, 0.5) is 11.4 Å². The molecule has 0 N–H and O–H groups in total. The molecule has 0 saturated carbocycles. The highest BCUT2D eigenvalue weighted by Crippen LogP contribution is 2.34. The number of ether oxygens (including phenoxy) is 2. The molecule has 3 aromatic carbocycles. The van der Waals surface area contributed by atoms with Gasteiger partial charge in [-0.1, -0.05) is 17.7 Å². The number of nitro groups is 1. The first kappa shape index (κ1) is 21.8. The summed E-state index contributed by atoms with van der Waals surface area (Å²) in [5, 5.41) is 10.8. The van der Waals surface area contributed by atoms with Crippen LogP contribution < -0.4 is 9.47 Å². The van der Waals surface area contributed by atoms with E-state index < -0.39 is 4.92 Å². The van der Waals surface area contributed by atoms with Gasteiger partial charge in [0, 0.05) is 18.3 Å². The predicted octanol–water partition coefficient (Wildman–Crippen LogP) is 6.15. The largest absolute Gasteiger partial charge is 0.493 e. The fraction of sp³-hybridized carbons (Fsp3) is 0.174. The topological polar surface area (TPSA) is 74.0 Å². The lowest BCUT2D eigenvalue weighted by Gasteiger charge is -2.13. The van der Waals surface area contributed by atoms with E-state index in [9.17, 15) is 10.1 Å². The zero-order chi connectivity index (χ0) is 21.7. The van der Waals surface area contributed by atoms with Crippen LogP contribution in [0, 0.1) is 27.5 Å². The molecule has 0 fully saturated rings. The number of nitro benzene ring substituents is 1. The Labute approximate surface area is 188 Å². The molecule has 0 bridgehead atoms. The quantitative estimate of drug-likeness (QED) is 0.163. The van der Waals surface area contributed by atoms with E-state index in [0.717, 1.165) is 25.9 Å². The maximum absolute atomic E-state index is 10.8. The average molecular weight is 516 g/mol. The molecule has 7 heteroatoms. The number of non-ortho nitro benzene ring substituents is 1. The molecule has 3 rings (SSSR count). The van der Waals surface area contributed by atoms with E-state index in [-0.39, 0.29) is 12.3 Å². The highest BCUT2D eigenvalue weighted by Gasteiger charge is 2.12. The Morgan fingerprint density at radius 3 is 2.47 bits per heavy atom. The number of hydrogen-bond acceptors (Lipinski definition) is 5. The van der Waals surface area contributed by atoms with Crippen LogP contribution in [0.25, 0.3) is 0 Å². The number of rotatable bonds is 7. The molecule has 30 heavy (non-hydrogen) atoms. The number of halogens is 1. The SMILES string of the molecule is COc1cc(C=Nc2ccc(C)cc2C)cc(I)c1OCc1ccc([N+](=O)[O-])cc1. The van der Waals surface area contributed by atoms with Crippen LogP contribution in [0.3, 0.4) is 0 Å². The van der Waals surface area contributed by atoms with E-state index in [4.69, 9.17) is 9.47 Å². The van der Waals surface area contributed by atoms with Gasteiger partial charge in [-0.3, -0.25) is 15.1 Å². The van der Waals surface area contributed by atoms with Gasteiger partial charge in [0.15, 0.2) is 11.5 Å². The fourth-order valence-corrected chi connectivity index (χ4v) is 3.70. The standard InChI is InChI=1S/C23H21IN2O4/c1-15-4-9-21(16(2)10-15)25-13-18-11-20(24)23(22(12-18)29-3)30-14-17-5-7-19(8-6-17)26(27)28/h4-13H,14H2,1-3H3. The maximum Gasteiger partial charge on any atom is 0.269 e. The normalized spacial score (nSPS) is 10.9. The minimum Gasteiger partial charge on any atom is -0.493 e. The molecule has 0 heterocycles. The Bertz CT molecular complexity index is 1100. The van der Waals surface area contributed by atoms with Gasteiger partial charge in [-0.05, 0) is 83.5 Å². The van der Waals surface area contributed by atoms with Crippen LogP contribution in [0.5, 0.6) is 11.5 Å². The minimum atomic E-state index is -0.422. The Balaban J connectivity index is 1.78. The van der Waals surface area contributed by atoms with Gasteiger partial charge in [-0.2, -0.15) is 0 Å². The van der Waals surface area contributed by atoms with E-state index in [2.05, 4.69) is 40.6 Å². The second-order valence-electron chi connectivity index (χ2n) is 6.79. The lowest BCUT2D eigenvalue weighted by molar-refractivity contribution is -0.384. The first-order valence-electron chi connectivity index (χ1n) is 9.22. The highest BCUT2D eigenvalue weighted by atomic mass is 127. The van der Waals surface area contributed by atoms with Gasteiger partial charge in [0.25, 0.3) is 5.69 Å². The van der Waals surface area contributed by atoms with Crippen molar-refractivity contribution >= 4 is 40.2 Å². The van der Waals surface area contributed by atoms with Crippen LogP contribution in [0.15, 0.2) is 59.6 Å². The molecule has 0 radical (unpaired) electrons. The summed E-state index contributed by atoms with van der Waals surface area (Å²) >= 11 is 2.20. The number of aryl methyl sites for hydroxylation is 2. The Kier molecular flexibility index (Phi) is 7.04. The number of hydrogen-bond donors (Lipinski definition) is 0. The van der Waals surface area contributed by atoms with Crippen molar-refractivity contribution in [1.29, 1.82) is 0 Å². The smallest absolute Gasteiger partial charge is 0.269 e. The Morgan fingerprint density at radius 2 is 1.83 bits per heavy atom. The molecular weight excluding hydrogens is 495 g/mol. The zero-order valence-corrected chi connectivity index (χ0v) is 19.0. The summed E-state index contributed by atoms with van der Waals surface area (Å²) < 4.78 is 12.4. The van der Waals surface area contributed by atoms with Gasteiger partial charge in [0.2, 0.25) is 0 Å². The second kappa shape index (κ2) is 9.71. The first-order valence-corrected chi connectivity index (χ1v) is 10.3. The lowest BCUT2D eigenvalue weighted by Crippen LogP contribution is -2.01. The molecule has 0 unspecified atom stereocenters. The average Bonchev–Trinajstić information content (AvgIpc) is 2.72. The fourth-order valence-electron chi connectivity index (χ4n) is 2.92. The Morgan fingerprint density at radius 1 is 1.10 bits per heavy atom. The van der Waals surface area contributed by atoms with Crippen LogP contribution in [-0.4, -0.2) is 18.2 Å². The molecule has 0 spiro atoms. The van der Waals surface area contributed by atoms with E-state index >= 15 is 0 Å². The van der Waals surface area contributed by atoms with Crippen LogP contribution in [0.1, 0.15) is 22.3 Å². The third-order valence-electron chi connectivity index (χ3n) is 4.49. The van der Waals surface area contributed by atoms with Gasteiger partial charge in [0.05, 0.1) is 21.3 Å². The molecular formula is C23H21IN2O4. The van der Waals surface area contributed by atoms with E-state index in [1.165, 1.54) is 17.7 Å². The van der Waals surface area contributed by atoms with Crippen molar-refractivity contribution in [2.24, 2.45) is 4.99 Å². The summed E-state index contributed by atoms with van der Waals surface area (Å²) in [4.78, 5) is 15.0. The van der Waals surface area contributed by atoms with Gasteiger partial charge in [-0.25, -0.2) is 0 Å². The van der Waals surface area contributed by atoms with Crippen molar-refractivity contribution < 1.29 is 14.4 Å². The van der Waals surface area contributed by atoms with Crippen molar-refractivity contribution in [2.75, 3.05) is 7.11 Å². The third-order valence-corrected chi connectivity index (χ3v) is 5.29. The first-order chi connectivity index (χ1) is 14.4. The molecule has 0 aliphatic carbocycles. The molecule has 0 saturated heterocycles. The third kappa shape index (κ3) is 5.35. The van der Waals surface area contributed by atoms with Crippen molar-refractivity contribution in [3.05, 3.63) is 90.5 Å². The van der Waals surface area contributed by atoms with Crippen molar-refractivity contribution in [1.82, 2.24) is 0 Å². The predicted molar refractivity (Wildman–Crippen MR) is 126 cm³/mol. The summed E-state index contributed by atoms with van der Waals surface area (Å²) in [7, 11) is 1.59. The van der Waals surface area contributed by atoms with Gasteiger partial charge in [0.1, 0.15) is 6.61 Å². The van der Waals surface area contributed by atoms with Crippen molar-refractivity contribution in [3.63, 3.8) is 0 Å². The van der Waals surface area contributed by atoms with Gasteiger partial charge in [-0.15, -0.1) is 0 Å². The monoisotopic (exact) mass is 516 g/mol. The molecule has 154 valence electrons. The van der Waals surface area contributed by atoms with Gasteiger partial charge < -0.3 is 9.47 Å². The lowest BCUT2D eigenvalue weighted by atomic mass is 10.1. The van der Waals surface area contributed by atoms with Crippen molar-refractivity contribution in [2.45, 2.75) is 20.5 Å². The van der Waals surface area contributed by atoms with E-state index in [0.29, 0.717) is 11.5 Å². The van der Waals surface area contributed by atoms with Crippen LogP contribution >= 0.6 is 22.6 Å². The number of aliphatic imine (C=N–C) groups is 1. The van der Waals surface area contributed by atoms with Crippen LogP contribution in [0.2, 0.25) is 0 Å². The molecule has 6 nitrogen and oxygen atoms in total. The maximum atomic E-state index is 10.8. The molecule has 0 aliphatic rings. The zero-order valence-electron chi connectivity index (χ0n) is 16.9.